The number of rotatable bonds is 11. The summed E-state index contributed by atoms with van der Waals surface area (Å²) in [6.45, 7) is 1.58. The van der Waals surface area contributed by atoms with Crippen LogP contribution < -0.4 is 15.5 Å². The SMILES string of the molecule is O=C(N[C@@H](Cc1ccccc1)[C@@H](O)CNCc1cc(Br)cc(Br)c1)c1cc(C2CCCC2)cc(N2CCCC2=O)c1. The van der Waals surface area contributed by atoms with Gasteiger partial charge in [-0.15, -0.1) is 0 Å². The molecule has 2 fully saturated rings. The number of anilines is 1. The first kappa shape index (κ1) is 30.0. The summed E-state index contributed by atoms with van der Waals surface area (Å²) in [5.41, 5.74) is 4.60. The van der Waals surface area contributed by atoms with E-state index in [2.05, 4.69) is 48.6 Å². The summed E-state index contributed by atoms with van der Waals surface area (Å²) in [6.07, 6.45) is 5.66. The highest BCUT2D eigenvalue weighted by Crippen LogP contribution is 2.37. The number of hydrogen-bond donors (Lipinski definition) is 3. The molecule has 1 aliphatic carbocycles. The van der Waals surface area contributed by atoms with E-state index in [1.165, 1.54) is 12.8 Å². The smallest absolute Gasteiger partial charge is 0.251 e. The Balaban J connectivity index is 1.34. The van der Waals surface area contributed by atoms with Crippen molar-refractivity contribution in [3.8, 4) is 0 Å². The van der Waals surface area contributed by atoms with Gasteiger partial charge in [-0.3, -0.25) is 9.59 Å². The second-order valence-corrected chi connectivity index (χ2v) is 13.0. The van der Waals surface area contributed by atoms with Crippen LogP contribution in [0.5, 0.6) is 0 Å². The van der Waals surface area contributed by atoms with E-state index >= 15 is 0 Å². The van der Waals surface area contributed by atoms with Crippen molar-refractivity contribution >= 4 is 49.4 Å². The van der Waals surface area contributed by atoms with Crippen LogP contribution in [0.15, 0.2) is 75.7 Å². The zero-order valence-electron chi connectivity index (χ0n) is 23.1. The van der Waals surface area contributed by atoms with Crippen molar-refractivity contribution in [1.82, 2.24) is 10.6 Å². The molecule has 216 valence electrons. The minimum Gasteiger partial charge on any atom is -0.390 e. The first-order valence-corrected chi connectivity index (χ1v) is 16.1. The first-order valence-electron chi connectivity index (χ1n) is 14.5. The predicted molar refractivity (Wildman–Crippen MR) is 170 cm³/mol. The molecule has 2 aliphatic rings. The van der Waals surface area contributed by atoms with E-state index in [4.69, 9.17) is 0 Å². The molecule has 6 nitrogen and oxygen atoms in total. The minimum absolute atomic E-state index is 0.112. The number of aliphatic hydroxyl groups is 1. The summed E-state index contributed by atoms with van der Waals surface area (Å²) in [5.74, 6) is 0.293. The Morgan fingerprint density at radius 1 is 0.951 bits per heavy atom. The van der Waals surface area contributed by atoms with Crippen molar-refractivity contribution in [3.63, 3.8) is 0 Å². The van der Waals surface area contributed by atoms with Gasteiger partial charge in [0.2, 0.25) is 5.91 Å². The van der Waals surface area contributed by atoms with Crippen LogP contribution in [0.1, 0.15) is 71.5 Å². The van der Waals surface area contributed by atoms with Gasteiger partial charge in [-0.05, 0) is 84.7 Å². The fourth-order valence-corrected chi connectivity index (χ4v) is 7.35. The molecule has 0 unspecified atom stereocenters. The summed E-state index contributed by atoms with van der Waals surface area (Å²) in [4.78, 5) is 28.2. The predicted octanol–water partition coefficient (Wildman–Crippen LogP) is 6.49. The van der Waals surface area contributed by atoms with E-state index in [-0.39, 0.29) is 11.8 Å². The van der Waals surface area contributed by atoms with E-state index in [0.717, 1.165) is 50.6 Å². The van der Waals surface area contributed by atoms with Gasteiger partial charge >= 0.3 is 0 Å². The number of carbonyl (C=O) groups excluding carboxylic acids is 2. The first-order chi connectivity index (χ1) is 19.9. The molecule has 8 heteroatoms. The molecule has 1 heterocycles. The van der Waals surface area contributed by atoms with E-state index in [9.17, 15) is 14.7 Å². The van der Waals surface area contributed by atoms with E-state index in [1.54, 1.807) is 0 Å². The summed E-state index contributed by atoms with van der Waals surface area (Å²) < 4.78 is 1.96. The lowest BCUT2D eigenvalue weighted by atomic mass is 9.94. The normalized spacial score (nSPS) is 17.1. The fraction of sp³-hybridized carbons (Fsp3) is 0.394. The second-order valence-electron chi connectivity index (χ2n) is 11.2. The zero-order chi connectivity index (χ0) is 28.8. The van der Waals surface area contributed by atoms with Crippen molar-refractivity contribution < 1.29 is 14.7 Å². The van der Waals surface area contributed by atoms with Crippen LogP contribution in [0.2, 0.25) is 0 Å². The Labute approximate surface area is 259 Å². The van der Waals surface area contributed by atoms with Gasteiger partial charge in [0.1, 0.15) is 0 Å². The highest BCUT2D eigenvalue weighted by molar-refractivity contribution is 9.11. The van der Waals surface area contributed by atoms with Gasteiger partial charge in [-0.25, -0.2) is 0 Å². The molecule has 0 spiro atoms. The summed E-state index contributed by atoms with van der Waals surface area (Å²) >= 11 is 7.05. The van der Waals surface area contributed by atoms with Crippen LogP contribution in [0, 0.1) is 0 Å². The molecule has 2 amide bonds. The number of nitrogens with zero attached hydrogens (tertiary/aromatic N) is 1. The average Bonchev–Trinajstić information content (AvgIpc) is 3.65. The van der Waals surface area contributed by atoms with Gasteiger partial charge in [0.05, 0.1) is 12.1 Å². The van der Waals surface area contributed by atoms with Crippen LogP contribution in [-0.2, 0) is 17.8 Å². The van der Waals surface area contributed by atoms with E-state index in [0.29, 0.717) is 44.0 Å². The molecule has 0 aromatic heterocycles. The van der Waals surface area contributed by atoms with Crippen molar-refractivity contribution in [1.29, 1.82) is 0 Å². The van der Waals surface area contributed by atoms with E-state index < -0.39 is 12.1 Å². The lowest BCUT2D eigenvalue weighted by Crippen LogP contribution is -2.48. The Morgan fingerprint density at radius 2 is 1.68 bits per heavy atom. The Bertz CT molecular complexity index is 1340. The van der Waals surface area contributed by atoms with Crippen LogP contribution in [-0.4, -0.2) is 42.2 Å². The molecular formula is C33H37Br2N3O3. The van der Waals surface area contributed by atoms with Crippen LogP contribution in [0.3, 0.4) is 0 Å². The summed E-state index contributed by atoms with van der Waals surface area (Å²) in [7, 11) is 0. The Morgan fingerprint density at radius 3 is 2.37 bits per heavy atom. The molecule has 2 atom stereocenters. The molecule has 0 radical (unpaired) electrons. The van der Waals surface area contributed by atoms with Gasteiger partial charge in [0.15, 0.2) is 0 Å². The minimum atomic E-state index is -0.813. The Hall–Kier alpha value is -2.52. The number of benzene rings is 3. The van der Waals surface area contributed by atoms with Crippen LogP contribution in [0.4, 0.5) is 5.69 Å². The molecular weight excluding hydrogens is 646 g/mol. The monoisotopic (exact) mass is 681 g/mol. The largest absolute Gasteiger partial charge is 0.390 e. The molecule has 3 N–H and O–H groups in total. The third-order valence-electron chi connectivity index (χ3n) is 8.10. The second kappa shape index (κ2) is 14.1. The molecule has 1 saturated heterocycles. The lowest BCUT2D eigenvalue weighted by Gasteiger charge is -2.26. The fourth-order valence-electron chi connectivity index (χ4n) is 5.96. The van der Waals surface area contributed by atoms with Gasteiger partial charge in [-0.2, -0.15) is 0 Å². The van der Waals surface area contributed by atoms with Crippen molar-refractivity contribution in [2.45, 2.75) is 69.6 Å². The molecule has 3 aromatic carbocycles. The van der Waals surface area contributed by atoms with Crippen LogP contribution >= 0.6 is 31.9 Å². The van der Waals surface area contributed by atoms with Crippen molar-refractivity contribution in [3.05, 3.63) is 97.9 Å². The lowest BCUT2D eigenvalue weighted by molar-refractivity contribution is -0.117. The number of halogens is 2. The van der Waals surface area contributed by atoms with Gasteiger partial charge in [0.25, 0.3) is 5.91 Å². The number of carbonyl (C=O) groups is 2. The molecule has 41 heavy (non-hydrogen) atoms. The van der Waals surface area contributed by atoms with Crippen molar-refractivity contribution in [2.75, 3.05) is 18.0 Å². The maximum atomic E-state index is 13.8. The highest BCUT2D eigenvalue weighted by atomic mass is 79.9. The number of amides is 2. The number of hydrogen-bond acceptors (Lipinski definition) is 4. The van der Waals surface area contributed by atoms with Gasteiger partial charge in [0, 0.05) is 46.3 Å². The standard InChI is InChI=1S/C33H37Br2N3O3/c34-27-13-23(14-28(35)19-27)20-36-21-31(39)30(15-22-7-2-1-3-8-22)37-33(41)26-16-25(24-9-4-5-10-24)17-29(18-26)38-12-6-11-32(38)40/h1-3,7-8,13-14,16-19,24,30-31,36,39H,4-6,9-12,15,20-21H2,(H,37,41)/t30-,31-/m0/s1. The van der Waals surface area contributed by atoms with Gasteiger partial charge < -0.3 is 20.6 Å². The zero-order valence-corrected chi connectivity index (χ0v) is 26.3. The number of nitrogens with one attached hydrogen (secondary N) is 2. The number of aliphatic hydroxyl groups excluding tert-OH is 1. The van der Waals surface area contributed by atoms with Crippen molar-refractivity contribution in [2.24, 2.45) is 0 Å². The molecule has 3 aromatic rings. The third-order valence-corrected chi connectivity index (χ3v) is 9.01. The maximum Gasteiger partial charge on any atom is 0.251 e. The van der Waals surface area contributed by atoms with Crippen LogP contribution in [0.25, 0.3) is 0 Å². The molecule has 5 rings (SSSR count). The highest BCUT2D eigenvalue weighted by Gasteiger charge is 2.27. The summed E-state index contributed by atoms with van der Waals surface area (Å²) in [6, 6.07) is 21.4. The third kappa shape index (κ3) is 8.07. The topological polar surface area (TPSA) is 81.7 Å². The molecule has 1 aliphatic heterocycles. The maximum absolute atomic E-state index is 13.8. The molecule has 1 saturated carbocycles. The average molecular weight is 683 g/mol. The molecule has 0 bridgehead atoms. The van der Waals surface area contributed by atoms with Gasteiger partial charge in [-0.1, -0.05) is 75.0 Å². The van der Waals surface area contributed by atoms with E-state index in [1.807, 2.05) is 65.6 Å². The quantitative estimate of drug-likeness (QED) is 0.216. The summed E-state index contributed by atoms with van der Waals surface area (Å²) in [5, 5.41) is 17.8. The Kier molecular flexibility index (Phi) is 10.3.